The van der Waals surface area contributed by atoms with Crippen molar-refractivity contribution in [1.29, 1.82) is 0 Å². The number of rotatable bonds is 6. The van der Waals surface area contributed by atoms with Crippen LogP contribution in [0.3, 0.4) is 0 Å². The van der Waals surface area contributed by atoms with Crippen LogP contribution in [0.25, 0.3) is 0 Å². The number of ether oxygens (including phenoxy) is 2. The van der Waals surface area contributed by atoms with E-state index in [0.717, 1.165) is 35.5 Å². The number of benzene rings is 1. The molecule has 0 aromatic heterocycles. The average Bonchev–Trinajstić information content (AvgIpc) is 3.31. The van der Waals surface area contributed by atoms with Crippen LogP contribution in [0, 0.1) is 5.92 Å². The molecule has 1 aliphatic carbocycles. The first-order chi connectivity index (χ1) is 9.78. The van der Waals surface area contributed by atoms with Crippen LogP contribution in [0.2, 0.25) is 0 Å². The minimum absolute atomic E-state index is 0.644. The molecular weight excluding hydrogens is 254 g/mol. The maximum Gasteiger partial charge on any atom is 0.191 e. The molecule has 1 saturated carbocycles. The Labute approximate surface area is 120 Å². The lowest BCUT2D eigenvalue weighted by molar-refractivity contribution is 0.351. The van der Waals surface area contributed by atoms with Crippen molar-refractivity contribution in [3.8, 4) is 11.5 Å². The highest BCUT2D eigenvalue weighted by atomic mass is 16.5. The van der Waals surface area contributed by atoms with Crippen molar-refractivity contribution in [2.24, 2.45) is 10.9 Å². The molecule has 0 aliphatic heterocycles. The summed E-state index contributed by atoms with van der Waals surface area (Å²) in [6.45, 7) is 1.64. The molecule has 0 bridgehead atoms. The van der Waals surface area contributed by atoms with Gasteiger partial charge in [-0.05, 0) is 24.8 Å². The van der Waals surface area contributed by atoms with Gasteiger partial charge in [0.15, 0.2) is 17.5 Å². The molecule has 5 nitrogen and oxygen atoms in total. The molecule has 20 heavy (non-hydrogen) atoms. The van der Waals surface area contributed by atoms with E-state index in [0.29, 0.717) is 6.54 Å². The monoisotopic (exact) mass is 277 g/mol. The fourth-order valence-corrected chi connectivity index (χ4v) is 2.06. The van der Waals surface area contributed by atoms with Crippen molar-refractivity contribution >= 4 is 5.96 Å². The van der Waals surface area contributed by atoms with Crippen molar-refractivity contribution < 1.29 is 9.47 Å². The molecule has 0 radical (unpaired) electrons. The molecule has 1 aromatic rings. The largest absolute Gasteiger partial charge is 0.493 e. The third-order valence-electron chi connectivity index (χ3n) is 3.41. The number of nitrogens with zero attached hydrogens (tertiary/aromatic N) is 1. The highest BCUT2D eigenvalue weighted by Crippen LogP contribution is 2.30. The Balaban J connectivity index is 1.94. The molecule has 0 amide bonds. The van der Waals surface area contributed by atoms with Gasteiger partial charge in [-0.15, -0.1) is 0 Å². The number of hydrogen-bond acceptors (Lipinski definition) is 3. The van der Waals surface area contributed by atoms with Gasteiger partial charge < -0.3 is 20.1 Å². The van der Waals surface area contributed by atoms with E-state index in [9.17, 15) is 0 Å². The Bertz CT molecular complexity index is 470. The first kappa shape index (κ1) is 14.5. The summed E-state index contributed by atoms with van der Waals surface area (Å²) in [7, 11) is 5.08. The Hall–Kier alpha value is -1.91. The lowest BCUT2D eigenvalue weighted by atomic mass is 10.2. The van der Waals surface area contributed by atoms with Crippen LogP contribution >= 0.6 is 0 Å². The van der Waals surface area contributed by atoms with E-state index in [1.54, 1.807) is 21.3 Å². The molecule has 2 rings (SSSR count). The minimum atomic E-state index is 0.644. The predicted molar refractivity (Wildman–Crippen MR) is 80.5 cm³/mol. The minimum Gasteiger partial charge on any atom is -0.493 e. The fraction of sp³-hybridized carbons (Fsp3) is 0.533. The summed E-state index contributed by atoms with van der Waals surface area (Å²) in [6, 6.07) is 5.86. The van der Waals surface area contributed by atoms with Crippen molar-refractivity contribution in [1.82, 2.24) is 10.6 Å². The Kier molecular flexibility index (Phi) is 5.09. The topological polar surface area (TPSA) is 54.9 Å². The highest BCUT2D eigenvalue weighted by Gasteiger charge is 2.21. The first-order valence-electron chi connectivity index (χ1n) is 6.92. The average molecular weight is 277 g/mol. The molecule has 0 saturated heterocycles. The molecule has 1 aromatic carbocycles. The smallest absolute Gasteiger partial charge is 0.191 e. The van der Waals surface area contributed by atoms with Gasteiger partial charge in [0.1, 0.15) is 0 Å². The molecule has 0 spiro atoms. The van der Waals surface area contributed by atoms with Gasteiger partial charge in [-0.2, -0.15) is 0 Å². The molecule has 1 aliphatic rings. The number of para-hydroxylation sites is 1. The molecule has 2 N–H and O–H groups in total. The fourth-order valence-electron chi connectivity index (χ4n) is 2.06. The van der Waals surface area contributed by atoms with E-state index in [-0.39, 0.29) is 0 Å². The molecule has 0 unspecified atom stereocenters. The summed E-state index contributed by atoms with van der Waals surface area (Å²) in [5.41, 5.74) is 1.04. The van der Waals surface area contributed by atoms with Crippen LogP contribution in [0.15, 0.2) is 23.2 Å². The second-order valence-electron chi connectivity index (χ2n) is 4.90. The molecule has 110 valence electrons. The lowest BCUT2D eigenvalue weighted by Gasteiger charge is -2.15. The zero-order valence-corrected chi connectivity index (χ0v) is 12.4. The third-order valence-corrected chi connectivity index (χ3v) is 3.41. The van der Waals surface area contributed by atoms with Crippen molar-refractivity contribution in [2.75, 3.05) is 27.8 Å². The molecule has 5 heteroatoms. The molecule has 1 fully saturated rings. The van der Waals surface area contributed by atoms with Gasteiger partial charge in [-0.3, -0.25) is 4.99 Å². The van der Waals surface area contributed by atoms with Crippen LogP contribution in [0.4, 0.5) is 0 Å². The van der Waals surface area contributed by atoms with E-state index < -0.39 is 0 Å². The summed E-state index contributed by atoms with van der Waals surface area (Å²) < 4.78 is 10.7. The first-order valence-corrected chi connectivity index (χ1v) is 6.92. The Morgan fingerprint density at radius 3 is 2.65 bits per heavy atom. The number of hydrogen-bond donors (Lipinski definition) is 2. The Morgan fingerprint density at radius 1 is 1.25 bits per heavy atom. The summed E-state index contributed by atoms with van der Waals surface area (Å²) in [4.78, 5) is 4.22. The van der Waals surface area contributed by atoms with E-state index in [2.05, 4.69) is 15.6 Å². The molecular formula is C15H23N3O2. The summed E-state index contributed by atoms with van der Waals surface area (Å²) in [5.74, 6) is 3.15. The van der Waals surface area contributed by atoms with Crippen LogP contribution < -0.4 is 20.1 Å². The number of aliphatic imine (C=N–C) groups is 1. The van der Waals surface area contributed by atoms with E-state index in [1.807, 2.05) is 18.2 Å². The van der Waals surface area contributed by atoms with Gasteiger partial charge in [0.25, 0.3) is 0 Å². The van der Waals surface area contributed by atoms with Crippen LogP contribution in [-0.4, -0.2) is 33.8 Å². The predicted octanol–water partition coefficient (Wildman–Crippen LogP) is 1.78. The molecule has 0 atom stereocenters. The number of methoxy groups -OCH3 is 2. The van der Waals surface area contributed by atoms with Gasteiger partial charge in [-0.25, -0.2) is 0 Å². The quantitative estimate of drug-likeness (QED) is 0.615. The van der Waals surface area contributed by atoms with Crippen LogP contribution in [0.1, 0.15) is 18.4 Å². The van der Waals surface area contributed by atoms with E-state index >= 15 is 0 Å². The van der Waals surface area contributed by atoms with E-state index in [1.165, 1.54) is 12.8 Å². The van der Waals surface area contributed by atoms with Gasteiger partial charge in [-0.1, -0.05) is 12.1 Å². The highest BCUT2D eigenvalue weighted by molar-refractivity contribution is 5.79. The van der Waals surface area contributed by atoms with Gasteiger partial charge in [0.05, 0.1) is 14.2 Å². The maximum atomic E-state index is 5.42. The number of guanidine groups is 1. The number of nitrogens with one attached hydrogen (secondary N) is 2. The standard InChI is InChI=1S/C15H23N3O2/c1-16-15(17-9-11-7-8-11)18-10-12-5-4-6-13(19-2)14(12)20-3/h4-6,11H,7-10H2,1-3H3,(H2,16,17,18). The zero-order chi connectivity index (χ0) is 14.4. The molecule has 0 heterocycles. The summed E-state index contributed by atoms with van der Waals surface area (Å²) >= 11 is 0. The van der Waals surface area contributed by atoms with Crippen LogP contribution in [-0.2, 0) is 6.54 Å². The summed E-state index contributed by atoms with van der Waals surface area (Å²) in [5, 5.41) is 6.63. The maximum absolute atomic E-state index is 5.42. The van der Waals surface area contributed by atoms with Gasteiger partial charge >= 0.3 is 0 Å². The van der Waals surface area contributed by atoms with Gasteiger partial charge in [0.2, 0.25) is 0 Å². The lowest BCUT2D eigenvalue weighted by Crippen LogP contribution is -2.37. The van der Waals surface area contributed by atoms with Crippen LogP contribution in [0.5, 0.6) is 11.5 Å². The van der Waals surface area contributed by atoms with E-state index in [4.69, 9.17) is 9.47 Å². The second-order valence-corrected chi connectivity index (χ2v) is 4.90. The Morgan fingerprint density at radius 2 is 2.05 bits per heavy atom. The zero-order valence-electron chi connectivity index (χ0n) is 12.4. The van der Waals surface area contributed by atoms with Gasteiger partial charge in [0, 0.05) is 25.7 Å². The third kappa shape index (κ3) is 3.79. The normalized spacial score (nSPS) is 14.8. The second kappa shape index (κ2) is 7.03. The van der Waals surface area contributed by atoms with Crippen molar-refractivity contribution in [3.63, 3.8) is 0 Å². The SMILES string of the molecule is CN=C(NCc1cccc(OC)c1OC)NCC1CC1. The van der Waals surface area contributed by atoms with Crippen molar-refractivity contribution in [2.45, 2.75) is 19.4 Å². The van der Waals surface area contributed by atoms with Crippen molar-refractivity contribution in [3.05, 3.63) is 23.8 Å². The summed E-state index contributed by atoms with van der Waals surface area (Å²) in [6.07, 6.45) is 2.65.